The zero-order chi connectivity index (χ0) is 8.27. The molecular formula is C9H14ClNO. The Hall–Kier alpha value is -0.730. The number of halogens is 1. The highest BCUT2D eigenvalue weighted by Crippen LogP contribution is 2.12. The van der Waals surface area contributed by atoms with Gasteiger partial charge in [0.1, 0.15) is 0 Å². The molecule has 1 aromatic rings. The van der Waals surface area contributed by atoms with Crippen LogP contribution in [-0.4, -0.2) is 11.7 Å². The average molecular weight is 188 g/mol. The second-order valence-corrected chi connectivity index (χ2v) is 2.66. The third kappa shape index (κ3) is 2.72. The van der Waals surface area contributed by atoms with Crippen molar-refractivity contribution in [3.63, 3.8) is 0 Å². The third-order valence-electron chi connectivity index (χ3n) is 1.73. The molecule has 3 heteroatoms. The summed E-state index contributed by atoms with van der Waals surface area (Å²) in [5.41, 5.74) is 8.65. The average Bonchev–Trinajstić information content (AvgIpc) is 1.98. The maximum atomic E-state index is 8.65. The van der Waals surface area contributed by atoms with Crippen molar-refractivity contribution >= 4 is 18.1 Å². The fraction of sp³-hybridized carbons (Fsp3) is 0.333. The van der Waals surface area contributed by atoms with Crippen molar-refractivity contribution in [2.24, 2.45) is 0 Å². The Balaban J connectivity index is 0.00000121. The van der Waals surface area contributed by atoms with Crippen LogP contribution >= 0.6 is 12.4 Å². The molecule has 0 aromatic heterocycles. The highest BCUT2D eigenvalue weighted by Gasteiger charge is 1.94. The number of anilines is 1. The van der Waals surface area contributed by atoms with Crippen LogP contribution in [0.4, 0.5) is 5.69 Å². The fourth-order valence-electron chi connectivity index (χ4n) is 1.02. The first kappa shape index (κ1) is 11.3. The predicted octanol–water partition coefficient (Wildman–Crippen LogP) is 1.53. The summed E-state index contributed by atoms with van der Waals surface area (Å²) in [5, 5.41) is 8.65. The Bertz CT molecular complexity index is 250. The van der Waals surface area contributed by atoms with Crippen LogP contribution in [0.3, 0.4) is 0 Å². The van der Waals surface area contributed by atoms with E-state index < -0.39 is 0 Å². The largest absolute Gasteiger partial charge is 0.399 e. The van der Waals surface area contributed by atoms with Crippen molar-refractivity contribution in [3.05, 3.63) is 29.3 Å². The number of benzene rings is 1. The van der Waals surface area contributed by atoms with Gasteiger partial charge >= 0.3 is 0 Å². The summed E-state index contributed by atoms with van der Waals surface area (Å²) in [5.74, 6) is 0. The van der Waals surface area contributed by atoms with Gasteiger partial charge in [0.2, 0.25) is 0 Å². The number of nitrogen functional groups attached to an aromatic ring is 1. The standard InChI is InChI=1S/C9H13NO.ClH/c1-7-6-8(4-5-11)2-3-9(7)10;/h2-3,6,11H,4-5,10H2,1H3;1H. The van der Waals surface area contributed by atoms with Gasteiger partial charge < -0.3 is 10.8 Å². The van der Waals surface area contributed by atoms with Crippen LogP contribution in [0, 0.1) is 6.92 Å². The first-order valence-corrected chi connectivity index (χ1v) is 3.70. The van der Waals surface area contributed by atoms with Gasteiger partial charge in [-0.1, -0.05) is 12.1 Å². The molecule has 68 valence electrons. The van der Waals surface area contributed by atoms with Crippen molar-refractivity contribution in [2.45, 2.75) is 13.3 Å². The molecule has 0 fully saturated rings. The molecule has 0 heterocycles. The number of rotatable bonds is 2. The van der Waals surface area contributed by atoms with Gasteiger partial charge in [-0.3, -0.25) is 0 Å². The van der Waals surface area contributed by atoms with E-state index in [1.807, 2.05) is 25.1 Å². The number of aliphatic hydroxyl groups excluding tert-OH is 1. The maximum absolute atomic E-state index is 8.65. The molecule has 0 aliphatic rings. The summed E-state index contributed by atoms with van der Waals surface area (Å²) in [7, 11) is 0. The first-order valence-electron chi connectivity index (χ1n) is 3.70. The van der Waals surface area contributed by atoms with E-state index in [-0.39, 0.29) is 19.0 Å². The molecule has 3 N–H and O–H groups in total. The van der Waals surface area contributed by atoms with Crippen molar-refractivity contribution in [1.29, 1.82) is 0 Å². The van der Waals surface area contributed by atoms with Crippen LogP contribution in [0.1, 0.15) is 11.1 Å². The van der Waals surface area contributed by atoms with E-state index in [2.05, 4.69) is 0 Å². The second kappa shape index (κ2) is 5.01. The van der Waals surface area contributed by atoms with Crippen LogP contribution < -0.4 is 5.73 Å². The van der Waals surface area contributed by atoms with Gasteiger partial charge in [0.25, 0.3) is 0 Å². The number of aliphatic hydroxyl groups is 1. The zero-order valence-electron chi connectivity index (χ0n) is 7.08. The molecule has 0 radical (unpaired) electrons. The minimum atomic E-state index is 0. The summed E-state index contributed by atoms with van der Waals surface area (Å²) in [6.07, 6.45) is 0.709. The van der Waals surface area contributed by atoms with E-state index in [4.69, 9.17) is 10.8 Å². The molecule has 0 spiro atoms. The van der Waals surface area contributed by atoms with Crippen LogP contribution in [0.25, 0.3) is 0 Å². The normalized spacial score (nSPS) is 9.17. The smallest absolute Gasteiger partial charge is 0.0471 e. The molecule has 0 atom stereocenters. The van der Waals surface area contributed by atoms with Gasteiger partial charge in [-0.05, 0) is 30.5 Å². The Morgan fingerprint density at radius 1 is 1.42 bits per heavy atom. The summed E-state index contributed by atoms with van der Waals surface area (Å²) in [4.78, 5) is 0. The fourth-order valence-corrected chi connectivity index (χ4v) is 1.02. The monoisotopic (exact) mass is 187 g/mol. The molecule has 0 saturated carbocycles. The van der Waals surface area contributed by atoms with Gasteiger partial charge in [0.15, 0.2) is 0 Å². The Kier molecular flexibility index (Phi) is 4.71. The molecule has 0 aliphatic carbocycles. The van der Waals surface area contributed by atoms with E-state index in [9.17, 15) is 0 Å². The summed E-state index contributed by atoms with van der Waals surface area (Å²) in [6, 6.07) is 5.82. The minimum absolute atomic E-state index is 0. The Morgan fingerprint density at radius 2 is 2.08 bits per heavy atom. The molecule has 0 unspecified atom stereocenters. The Labute approximate surface area is 78.8 Å². The lowest BCUT2D eigenvalue weighted by atomic mass is 10.1. The van der Waals surface area contributed by atoms with E-state index in [1.165, 1.54) is 0 Å². The number of hydrogen-bond donors (Lipinski definition) is 2. The van der Waals surface area contributed by atoms with E-state index in [0.29, 0.717) is 6.42 Å². The molecule has 2 nitrogen and oxygen atoms in total. The summed E-state index contributed by atoms with van der Waals surface area (Å²) in [6.45, 7) is 2.17. The first-order chi connectivity index (χ1) is 5.24. The van der Waals surface area contributed by atoms with Crippen LogP contribution in [0.2, 0.25) is 0 Å². The molecular weight excluding hydrogens is 174 g/mol. The van der Waals surface area contributed by atoms with E-state index in [1.54, 1.807) is 0 Å². The van der Waals surface area contributed by atoms with Gasteiger partial charge in [-0.25, -0.2) is 0 Å². The van der Waals surface area contributed by atoms with Gasteiger partial charge in [-0.2, -0.15) is 0 Å². The van der Waals surface area contributed by atoms with Gasteiger partial charge in [0.05, 0.1) is 0 Å². The SMILES string of the molecule is Cc1cc(CCO)ccc1N.Cl. The van der Waals surface area contributed by atoms with Crippen LogP contribution in [-0.2, 0) is 6.42 Å². The molecule has 0 aliphatic heterocycles. The van der Waals surface area contributed by atoms with Gasteiger partial charge in [-0.15, -0.1) is 12.4 Å². The molecule has 0 bridgehead atoms. The number of hydrogen-bond acceptors (Lipinski definition) is 2. The van der Waals surface area contributed by atoms with Crippen LogP contribution in [0.5, 0.6) is 0 Å². The summed E-state index contributed by atoms with van der Waals surface area (Å²) >= 11 is 0. The highest BCUT2D eigenvalue weighted by molar-refractivity contribution is 5.85. The van der Waals surface area contributed by atoms with Crippen molar-refractivity contribution in [2.75, 3.05) is 12.3 Å². The zero-order valence-corrected chi connectivity index (χ0v) is 7.90. The minimum Gasteiger partial charge on any atom is -0.399 e. The van der Waals surface area contributed by atoms with E-state index in [0.717, 1.165) is 16.8 Å². The third-order valence-corrected chi connectivity index (χ3v) is 1.73. The second-order valence-electron chi connectivity index (χ2n) is 2.66. The van der Waals surface area contributed by atoms with Crippen LogP contribution in [0.15, 0.2) is 18.2 Å². The lowest BCUT2D eigenvalue weighted by Crippen LogP contribution is -1.94. The topological polar surface area (TPSA) is 46.2 Å². The Morgan fingerprint density at radius 3 is 2.58 bits per heavy atom. The summed E-state index contributed by atoms with van der Waals surface area (Å²) < 4.78 is 0. The van der Waals surface area contributed by atoms with Crippen molar-refractivity contribution in [1.82, 2.24) is 0 Å². The molecule has 0 amide bonds. The predicted molar refractivity (Wildman–Crippen MR) is 53.6 cm³/mol. The highest BCUT2D eigenvalue weighted by atomic mass is 35.5. The lowest BCUT2D eigenvalue weighted by Gasteiger charge is -2.02. The number of aryl methyl sites for hydroxylation is 1. The lowest BCUT2D eigenvalue weighted by molar-refractivity contribution is 0.299. The molecule has 0 saturated heterocycles. The molecule has 1 rings (SSSR count). The maximum Gasteiger partial charge on any atom is 0.0471 e. The molecule has 1 aromatic carbocycles. The van der Waals surface area contributed by atoms with Crippen molar-refractivity contribution < 1.29 is 5.11 Å². The van der Waals surface area contributed by atoms with Crippen molar-refractivity contribution in [3.8, 4) is 0 Å². The van der Waals surface area contributed by atoms with E-state index >= 15 is 0 Å². The molecule has 12 heavy (non-hydrogen) atoms. The number of nitrogens with two attached hydrogens (primary N) is 1. The quantitative estimate of drug-likeness (QED) is 0.690. The van der Waals surface area contributed by atoms with Gasteiger partial charge in [0, 0.05) is 12.3 Å².